The first-order valence-electron chi connectivity index (χ1n) is 11.2. The van der Waals surface area contributed by atoms with E-state index in [0.29, 0.717) is 0 Å². The summed E-state index contributed by atoms with van der Waals surface area (Å²) < 4.78 is 11.2. The molecule has 1 saturated heterocycles. The van der Waals surface area contributed by atoms with Crippen LogP contribution in [0.2, 0.25) is 0 Å². The predicted octanol–water partition coefficient (Wildman–Crippen LogP) is 5.58. The van der Waals surface area contributed by atoms with E-state index in [1.54, 1.807) is 7.11 Å². The molecule has 1 N–H and O–H groups in total. The zero-order valence-corrected chi connectivity index (χ0v) is 19.2. The number of hydrogen-bond donors (Lipinski definition) is 1. The van der Waals surface area contributed by atoms with E-state index in [0.717, 1.165) is 80.4 Å². The number of aromatic nitrogens is 4. The van der Waals surface area contributed by atoms with Gasteiger partial charge < -0.3 is 19.1 Å². The largest absolute Gasteiger partial charge is 0.496 e. The molecule has 1 fully saturated rings. The monoisotopic (exact) mass is 439 g/mol. The number of aromatic amines is 1. The first-order valence-corrected chi connectivity index (χ1v) is 11.2. The van der Waals surface area contributed by atoms with E-state index in [4.69, 9.17) is 19.2 Å². The van der Waals surface area contributed by atoms with E-state index in [2.05, 4.69) is 51.4 Å². The van der Waals surface area contributed by atoms with Crippen molar-refractivity contribution in [1.82, 2.24) is 20.1 Å². The number of H-pyrrole nitrogens is 1. The molecule has 0 bridgehead atoms. The molecule has 0 radical (unpaired) electrons. The molecule has 2 aromatic carbocycles. The Morgan fingerprint density at radius 3 is 2.61 bits per heavy atom. The molecule has 7 nitrogen and oxygen atoms in total. The second-order valence-corrected chi connectivity index (χ2v) is 8.66. The molecule has 166 valence electrons. The molecule has 0 atom stereocenters. The average molecular weight is 440 g/mol. The van der Waals surface area contributed by atoms with Crippen LogP contribution in [0.15, 0.2) is 40.9 Å². The van der Waals surface area contributed by atoms with Crippen LogP contribution in [0.25, 0.3) is 44.3 Å². The number of fused-ring (bicyclic) bond motifs is 3. The van der Waals surface area contributed by atoms with Gasteiger partial charge in [0, 0.05) is 40.8 Å². The van der Waals surface area contributed by atoms with Crippen LogP contribution in [0.3, 0.4) is 0 Å². The Balaban J connectivity index is 1.61. The summed E-state index contributed by atoms with van der Waals surface area (Å²) in [6, 6.07) is 12.8. The van der Waals surface area contributed by atoms with Gasteiger partial charge in [-0.3, -0.25) is 0 Å². The second-order valence-electron chi connectivity index (χ2n) is 8.66. The highest BCUT2D eigenvalue weighted by Gasteiger charge is 2.21. The summed E-state index contributed by atoms with van der Waals surface area (Å²) in [5, 5.41) is 6.15. The van der Waals surface area contributed by atoms with Crippen LogP contribution in [0.1, 0.15) is 23.7 Å². The van der Waals surface area contributed by atoms with Gasteiger partial charge in [-0.1, -0.05) is 17.3 Å². The maximum atomic E-state index is 5.82. The van der Waals surface area contributed by atoms with E-state index in [1.165, 1.54) is 12.1 Å². The predicted molar refractivity (Wildman–Crippen MR) is 130 cm³/mol. The van der Waals surface area contributed by atoms with Crippen LogP contribution in [0, 0.1) is 20.8 Å². The van der Waals surface area contributed by atoms with Gasteiger partial charge in [0.05, 0.1) is 29.4 Å². The highest BCUT2D eigenvalue weighted by Crippen LogP contribution is 2.41. The van der Waals surface area contributed by atoms with Crippen molar-refractivity contribution in [2.75, 3.05) is 25.1 Å². The molecule has 3 aromatic heterocycles. The molecule has 6 rings (SSSR count). The molecule has 7 heteroatoms. The van der Waals surface area contributed by atoms with Crippen LogP contribution in [0.4, 0.5) is 5.69 Å². The first-order chi connectivity index (χ1) is 16.0. The summed E-state index contributed by atoms with van der Waals surface area (Å²) >= 11 is 0. The normalized spacial score (nSPS) is 13.6. The summed E-state index contributed by atoms with van der Waals surface area (Å²) in [5.41, 5.74) is 7.78. The number of rotatable bonds is 4. The van der Waals surface area contributed by atoms with Crippen LogP contribution in [-0.2, 0) is 0 Å². The minimum absolute atomic E-state index is 0.733. The van der Waals surface area contributed by atoms with Crippen LogP contribution >= 0.6 is 0 Å². The van der Waals surface area contributed by atoms with Crippen molar-refractivity contribution >= 4 is 27.6 Å². The van der Waals surface area contributed by atoms with E-state index < -0.39 is 0 Å². The molecule has 1 aliphatic rings. The lowest BCUT2D eigenvalue weighted by molar-refractivity contribution is 0.393. The third kappa shape index (κ3) is 3.07. The topological polar surface area (TPSA) is 80.1 Å². The summed E-state index contributed by atoms with van der Waals surface area (Å²) in [4.78, 5) is 15.5. The maximum Gasteiger partial charge on any atom is 0.142 e. The summed E-state index contributed by atoms with van der Waals surface area (Å²) in [6.45, 7) is 8.01. The highest BCUT2D eigenvalue weighted by molar-refractivity contribution is 6.13. The fourth-order valence-electron chi connectivity index (χ4n) is 4.80. The molecule has 4 heterocycles. The van der Waals surface area contributed by atoms with Gasteiger partial charge in [0.2, 0.25) is 0 Å². The lowest BCUT2D eigenvalue weighted by Gasteiger charge is -2.33. The molecular formula is C26H25N5O2. The molecule has 5 aromatic rings. The molecular weight excluding hydrogens is 414 g/mol. The van der Waals surface area contributed by atoms with Gasteiger partial charge in [-0.15, -0.1) is 0 Å². The van der Waals surface area contributed by atoms with Gasteiger partial charge in [-0.2, -0.15) is 0 Å². The van der Waals surface area contributed by atoms with Crippen molar-refractivity contribution in [1.29, 1.82) is 0 Å². The van der Waals surface area contributed by atoms with Gasteiger partial charge in [0.15, 0.2) is 0 Å². The third-order valence-electron chi connectivity index (χ3n) is 6.53. The van der Waals surface area contributed by atoms with Crippen LogP contribution in [-0.4, -0.2) is 40.3 Å². The minimum atomic E-state index is 0.733. The van der Waals surface area contributed by atoms with E-state index >= 15 is 0 Å². The van der Waals surface area contributed by atoms with Crippen LogP contribution in [0.5, 0.6) is 5.75 Å². The Morgan fingerprint density at radius 1 is 1.06 bits per heavy atom. The quantitative estimate of drug-likeness (QED) is 0.394. The van der Waals surface area contributed by atoms with Gasteiger partial charge in [-0.05, 0) is 51.5 Å². The molecule has 0 spiro atoms. The average Bonchev–Trinajstić information content (AvgIpc) is 3.29. The molecule has 0 unspecified atom stereocenters. The number of nitrogens with zero attached hydrogens (tertiary/aromatic N) is 4. The number of methoxy groups -OCH3 is 1. The number of anilines is 1. The Labute approximate surface area is 191 Å². The summed E-state index contributed by atoms with van der Waals surface area (Å²) in [6.07, 6.45) is 1.25. The Kier molecular flexibility index (Phi) is 4.40. The van der Waals surface area contributed by atoms with Gasteiger partial charge >= 0.3 is 0 Å². The van der Waals surface area contributed by atoms with Gasteiger partial charge in [0.1, 0.15) is 23.0 Å². The Bertz CT molecular complexity index is 1510. The van der Waals surface area contributed by atoms with Crippen molar-refractivity contribution in [2.45, 2.75) is 27.2 Å². The SMILES string of the molecule is COc1cc2c(cc1-c1c(C)noc1C)[nH]c1nc(C)nc(-c3cccc(N4CCC4)c3)c12. The van der Waals surface area contributed by atoms with Crippen molar-refractivity contribution in [3.05, 3.63) is 53.7 Å². The summed E-state index contributed by atoms with van der Waals surface area (Å²) in [5.74, 6) is 2.26. The lowest BCUT2D eigenvalue weighted by atomic mass is 9.99. The molecule has 0 saturated carbocycles. The first kappa shape index (κ1) is 19.8. The van der Waals surface area contributed by atoms with Crippen molar-refractivity contribution in [3.63, 3.8) is 0 Å². The number of hydrogen-bond acceptors (Lipinski definition) is 6. The fourth-order valence-corrected chi connectivity index (χ4v) is 4.80. The Hall–Kier alpha value is -3.87. The minimum Gasteiger partial charge on any atom is -0.496 e. The van der Waals surface area contributed by atoms with Crippen molar-refractivity contribution in [3.8, 4) is 28.1 Å². The van der Waals surface area contributed by atoms with Crippen LogP contribution < -0.4 is 9.64 Å². The number of nitrogens with one attached hydrogen (secondary N) is 1. The van der Waals surface area contributed by atoms with E-state index in [1.807, 2.05) is 20.8 Å². The van der Waals surface area contributed by atoms with E-state index in [9.17, 15) is 0 Å². The Morgan fingerprint density at radius 2 is 1.91 bits per heavy atom. The standard InChI is InChI=1S/C26H25N5O2/c1-14-23(15(2)33-30-14)20-12-21-19(13-22(20)32-4)24-25(27-16(3)28-26(24)29-21)17-7-5-8-18(11-17)31-9-6-10-31/h5,7-8,11-13H,6,9-10H2,1-4H3,(H,27,28,29). The van der Waals surface area contributed by atoms with Gasteiger partial charge in [-0.25, -0.2) is 9.97 Å². The zero-order chi connectivity index (χ0) is 22.7. The molecule has 33 heavy (non-hydrogen) atoms. The van der Waals surface area contributed by atoms with Crippen molar-refractivity contribution < 1.29 is 9.26 Å². The fraction of sp³-hybridized carbons (Fsp3) is 0.269. The van der Waals surface area contributed by atoms with Gasteiger partial charge in [0.25, 0.3) is 0 Å². The lowest BCUT2D eigenvalue weighted by Crippen LogP contribution is -2.36. The molecule has 0 aliphatic carbocycles. The molecule has 1 aliphatic heterocycles. The number of aryl methyl sites for hydroxylation is 3. The van der Waals surface area contributed by atoms with E-state index in [-0.39, 0.29) is 0 Å². The van der Waals surface area contributed by atoms with Crippen molar-refractivity contribution in [2.24, 2.45) is 0 Å². The third-order valence-corrected chi connectivity index (χ3v) is 6.53. The summed E-state index contributed by atoms with van der Waals surface area (Å²) in [7, 11) is 1.69. The zero-order valence-electron chi connectivity index (χ0n) is 19.2. The highest BCUT2D eigenvalue weighted by atomic mass is 16.5. The number of benzene rings is 2. The second kappa shape index (κ2) is 7.33. The number of ether oxygens (including phenoxy) is 1. The molecule has 0 amide bonds. The smallest absolute Gasteiger partial charge is 0.142 e. The maximum absolute atomic E-state index is 5.82.